The summed E-state index contributed by atoms with van der Waals surface area (Å²) in [5, 5.41) is 13.8. The number of rotatable bonds is 4. The molecule has 2 aromatic rings. The number of benzene rings is 1. The van der Waals surface area contributed by atoms with Crippen LogP contribution < -0.4 is 5.32 Å². The predicted molar refractivity (Wildman–Crippen MR) is 86.5 cm³/mol. The third kappa shape index (κ3) is 3.71. The molecule has 4 nitrogen and oxygen atoms in total. The van der Waals surface area contributed by atoms with Gasteiger partial charge in [-0.15, -0.1) is 0 Å². The number of nitrogens with zero attached hydrogens (tertiary/aromatic N) is 2. The van der Waals surface area contributed by atoms with Gasteiger partial charge in [-0.2, -0.15) is 0 Å². The van der Waals surface area contributed by atoms with E-state index in [0.29, 0.717) is 16.8 Å². The Morgan fingerprint density at radius 2 is 1.67 bits per heavy atom. The monoisotopic (exact) mass is 305 g/mol. The quantitative estimate of drug-likeness (QED) is 0.845. The first-order valence-electron chi connectivity index (χ1n) is 6.80. The summed E-state index contributed by atoms with van der Waals surface area (Å²) < 4.78 is 0. The summed E-state index contributed by atoms with van der Waals surface area (Å²) in [6.45, 7) is 7.32. The van der Waals surface area contributed by atoms with Crippen molar-refractivity contribution in [2.75, 3.05) is 5.32 Å². The highest BCUT2D eigenvalue weighted by Gasteiger charge is 2.35. The zero-order valence-electron chi connectivity index (χ0n) is 12.7. The summed E-state index contributed by atoms with van der Waals surface area (Å²) in [6, 6.07) is 11.3. The minimum atomic E-state index is -0.919. The van der Waals surface area contributed by atoms with Crippen LogP contribution in [-0.4, -0.2) is 26.2 Å². The molecule has 5 heteroatoms. The summed E-state index contributed by atoms with van der Waals surface area (Å²) in [7, 11) is 0. The van der Waals surface area contributed by atoms with Crippen molar-refractivity contribution < 1.29 is 5.11 Å². The Bertz CT molecular complexity index is 621. The van der Waals surface area contributed by atoms with E-state index in [0.717, 1.165) is 5.56 Å². The van der Waals surface area contributed by atoms with Crippen LogP contribution in [0.15, 0.2) is 36.4 Å². The highest BCUT2D eigenvalue weighted by molar-refractivity contribution is 6.29. The van der Waals surface area contributed by atoms with E-state index in [1.807, 2.05) is 44.2 Å². The molecule has 0 unspecified atom stereocenters. The molecule has 1 aromatic carbocycles. The molecule has 0 aliphatic carbocycles. The molecular formula is C16H20ClN3O. The first kappa shape index (κ1) is 15.7. The van der Waals surface area contributed by atoms with Gasteiger partial charge in [0, 0.05) is 11.6 Å². The Labute approximate surface area is 130 Å². The van der Waals surface area contributed by atoms with Gasteiger partial charge in [0.15, 0.2) is 5.82 Å². The van der Waals surface area contributed by atoms with Crippen LogP contribution >= 0.6 is 11.6 Å². The van der Waals surface area contributed by atoms with Gasteiger partial charge in [0.05, 0.1) is 11.1 Å². The van der Waals surface area contributed by atoms with E-state index in [1.54, 1.807) is 19.9 Å². The lowest BCUT2D eigenvalue weighted by Gasteiger charge is -2.38. The smallest absolute Gasteiger partial charge is 0.163 e. The number of hydrogen-bond acceptors (Lipinski definition) is 4. The van der Waals surface area contributed by atoms with Crippen molar-refractivity contribution in [1.82, 2.24) is 9.97 Å². The van der Waals surface area contributed by atoms with Crippen molar-refractivity contribution in [1.29, 1.82) is 0 Å². The van der Waals surface area contributed by atoms with Crippen LogP contribution in [0.1, 0.15) is 27.7 Å². The summed E-state index contributed by atoms with van der Waals surface area (Å²) in [4.78, 5) is 8.73. The normalized spacial score (nSPS) is 12.3. The fourth-order valence-corrected chi connectivity index (χ4v) is 1.85. The Morgan fingerprint density at radius 3 is 2.24 bits per heavy atom. The minimum absolute atomic E-state index is 0.359. The van der Waals surface area contributed by atoms with E-state index < -0.39 is 11.1 Å². The van der Waals surface area contributed by atoms with Gasteiger partial charge in [-0.1, -0.05) is 41.9 Å². The first-order chi connectivity index (χ1) is 9.69. The second-order valence-electron chi connectivity index (χ2n) is 6.07. The maximum absolute atomic E-state index is 10.2. The third-order valence-corrected chi connectivity index (χ3v) is 3.89. The van der Waals surface area contributed by atoms with E-state index >= 15 is 0 Å². The summed E-state index contributed by atoms with van der Waals surface area (Å²) in [6.07, 6.45) is 0. The third-order valence-electron chi connectivity index (χ3n) is 3.70. The SMILES string of the molecule is CC(C)(O)C(C)(C)Nc1cc(Cl)nc(-c2ccccc2)n1. The topological polar surface area (TPSA) is 58.0 Å². The Morgan fingerprint density at radius 1 is 1.05 bits per heavy atom. The van der Waals surface area contributed by atoms with E-state index in [2.05, 4.69) is 15.3 Å². The lowest BCUT2D eigenvalue weighted by molar-refractivity contribution is 0.0239. The molecule has 1 heterocycles. The number of hydrogen-bond donors (Lipinski definition) is 2. The van der Waals surface area contributed by atoms with Gasteiger partial charge in [0.2, 0.25) is 0 Å². The van der Waals surface area contributed by atoms with E-state index in [9.17, 15) is 5.11 Å². The van der Waals surface area contributed by atoms with Crippen LogP contribution in [0.3, 0.4) is 0 Å². The van der Waals surface area contributed by atoms with E-state index in [-0.39, 0.29) is 0 Å². The largest absolute Gasteiger partial charge is 0.388 e. The zero-order valence-corrected chi connectivity index (χ0v) is 13.4. The zero-order chi connectivity index (χ0) is 15.7. The molecule has 0 radical (unpaired) electrons. The molecule has 0 saturated carbocycles. The highest BCUT2D eigenvalue weighted by atomic mass is 35.5. The molecule has 1 aromatic heterocycles. The average molecular weight is 306 g/mol. The molecule has 0 bridgehead atoms. The van der Waals surface area contributed by atoms with Crippen molar-refractivity contribution >= 4 is 17.4 Å². The molecule has 112 valence electrons. The van der Waals surface area contributed by atoms with Gasteiger partial charge in [-0.05, 0) is 27.7 Å². The Hall–Kier alpha value is -1.65. The molecule has 21 heavy (non-hydrogen) atoms. The molecule has 0 aliphatic rings. The number of aromatic nitrogens is 2. The second-order valence-corrected chi connectivity index (χ2v) is 6.46. The van der Waals surface area contributed by atoms with Crippen LogP contribution in [0.4, 0.5) is 5.82 Å². The minimum Gasteiger partial charge on any atom is -0.388 e. The first-order valence-corrected chi connectivity index (χ1v) is 7.17. The number of anilines is 1. The fraction of sp³-hybridized carbons (Fsp3) is 0.375. The van der Waals surface area contributed by atoms with Gasteiger partial charge in [-0.25, -0.2) is 9.97 Å². The van der Waals surface area contributed by atoms with Crippen LogP contribution in [0, 0.1) is 0 Å². The van der Waals surface area contributed by atoms with Gasteiger partial charge in [-0.3, -0.25) is 0 Å². The predicted octanol–water partition coefficient (Wildman–Crippen LogP) is 3.76. The van der Waals surface area contributed by atoms with Crippen LogP contribution in [-0.2, 0) is 0 Å². The molecule has 2 rings (SSSR count). The van der Waals surface area contributed by atoms with Crippen LogP contribution in [0.2, 0.25) is 5.15 Å². The second kappa shape index (κ2) is 5.62. The van der Waals surface area contributed by atoms with E-state index in [1.165, 1.54) is 0 Å². The van der Waals surface area contributed by atoms with Crippen LogP contribution in [0.5, 0.6) is 0 Å². The molecular weight excluding hydrogens is 286 g/mol. The lowest BCUT2D eigenvalue weighted by Crippen LogP contribution is -2.51. The van der Waals surface area contributed by atoms with Gasteiger partial charge >= 0.3 is 0 Å². The lowest BCUT2D eigenvalue weighted by atomic mass is 9.86. The fourth-order valence-electron chi connectivity index (χ4n) is 1.67. The standard InChI is InChI=1S/C16H20ClN3O/c1-15(2,16(3,4)21)20-13-10-12(17)18-14(19-13)11-8-6-5-7-9-11/h5-10,21H,1-4H3,(H,18,19,20). The van der Waals surface area contributed by atoms with Crippen molar-refractivity contribution in [2.45, 2.75) is 38.8 Å². The number of nitrogens with one attached hydrogen (secondary N) is 1. The van der Waals surface area contributed by atoms with Crippen molar-refractivity contribution in [3.63, 3.8) is 0 Å². The van der Waals surface area contributed by atoms with Crippen LogP contribution in [0.25, 0.3) is 11.4 Å². The van der Waals surface area contributed by atoms with Gasteiger partial charge < -0.3 is 10.4 Å². The molecule has 0 atom stereocenters. The Kier molecular flexibility index (Phi) is 4.21. The summed E-state index contributed by atoms with van der Waals surface area (Å²) in [5.41, 5.74) is -0.597. The summed E-state index contributed by atoms with van der Waals surface area (Å²) >= 11 is 6.09. The molecule has 0 aliphatic heterocycles. The molecule has 0 spiro atoms. The Balaban J connectivity index is 2.37. The number of aliphatic hydroxyl groups is 1. The van der Waals surface area contributed by atoms with Crippen molar-refractivity contribution in [3.05, 3.63) is 41.6 Å². The molecule has 0 fully saturated rings. The number of halogens is 1. The van der Waals surface area contributed by atoms with Gasteiger partial charge in [0.25, 0.3) is 0 Å². The average Bonchev–Trinajstić information content (AvgIpc) is 2.37. The maximum Gasteiger partial charge on any atom is 0.163 e. The molecule has 0 saturated heterocycles. The van der Waals surface area contributed by atoms with Gasteiger partial charge in [0.1, 0.15) is 11.0 Å². The van der Waals surface area contributed by atoms with Crippen molar-refractivity contribution in [2.24, 2.45) is 0 Å². The maximum atomic E-state index is 10.2. The molecule has 0 amide bonds. The molecule has 2 N–H and O–H groups in total. The van der Waals surface area contributed by atoms with E-state index in [4.69, 9.17) is 11.6 Å². The highest BCUT2D eigenvalue weighted by Crippen LogP contribution is 2.27. The summed E-state index contributed by atoms with van der Waals surface area (Å²) in [5.74, 6) is 1.14. The van der Waals surface area contributed by atoms with Crippen molar-refractivity contribution in [3.8, 4) is 11.4 Å².